The van der Waals surface area contributed by atoms with E-state index in [0.717, 1.165) is 32.6 Å². The molecular weight excluding hydrogens is 386 g/mol. The zero-order chi connectivity index (χ0) is 16.7. The zero-order valence-corrected chi connectivity index (χ0v) is 15.5. The maximum absolute atomic E-state index is 10.7. The number of hydrogen-bond donors (Lipinski definition) is 1. The van der Waals surface area contributed by atoms with Gasteiger partial charge in [-0.15, -0.1) is 5.11 Å². The molecule has 0 amide bonds. The third kappa shape index (κ3) is 2.74. The Morgan fingerprint density at radius 3 is 2.54 bits per heavy atom. The molecule has 1 aliphatic heterocycles. The van der Waals surface area contributed by atoms with Crippen molar-refractivity contribution in [2.45, 2.75) is 13.0 Å². The van der Waals surface area contributed by atoms with Crippen molar-refractivity contribution < 1.29 is 5.11 Å². The monoisotopic (exact) mass is 401 g/mol. The van der Waals surface area contributed by atoms with Gasteiger partial charge in [0.15, 0.2) is 5.69 Å². The number of aromatic hydroxyl groups is 1. The summed E-state index contributed by atoms with van der Waals surface area (Å²) in [5.41, 5.74) is 3.48. The number of benzene rings is 2. The summed E-state index contributed by atoms with van der Waals surface area (Å²) in [6.45, 7) is 2.04. The van der Waals surface area contributed by atoms with Crippen LogP contribution in [0.4, 0.5) is 11.4 Å². The average molecular weight is 402 g/mol. The first-order valence-electron chi connectivity index (χ1n) is 7.72. The molecule has 0 saturated carbocycles. The molecule has 1 aliphatic rings. The standard InChI is InChI=1S/C18H16BrN3OS/c1-11-2-5-13(6-3-11)20-21-17-15-8-12(19)4-7-16(15)22(18(17)23)14-9-24-10-14/h2-8,14,23H,9-10H2,1H3. The predicted molar refractivity (Wildman–Crippen MR) is 103 cm³/mol. The van der Waals surface area contributed by atoms with E-state index >= 15 is 0 Å². The molecule has 2 heterocycles. The highest BCUT2D eigenvalue weighted by Crippen LogP contribution is 2.45. The van der Waals surface area contributed by atoms with Gasteiger partial charge in [0.1, 0.15) is 0 Å². The van der Waals surface area contributed by atoms with Crippen molar-refractivity contribution in [3.8, 4) is 5.88 Å². The molecule has 0 atom stereocenters. The van der Waals surface area contributed by atoms with E-state index in [1.807, 2.05) is 65.7 Å². The molecule has 1 saturated heterocycles. The van der Waals surface area contributed by atoms with Crippen LogP contribution in [0.1, 0.15) is 11.6 Å². The largest absolute Gasteiger partial charge is 0.493 e. The number of hydrogen-bond acceptors (Lipinski definition) is 4. The van der Waals surface area contributed by atoms with Crippen molar-refractivity contribution >= 4 is 50.0 Å². The van der Waals surface area contributed by atoms with Gasteiger partial charge in [0.2, 0.25) is 5.88 Å². The summed E-state index contributed by atoms with van der Waals surface area (Å²) in [6, 6.07) is 14.2. The summed E-state index contributed by atoms with van der Waals surface area (Å²) in [4.78, 5) is 0. The van der Waals surface area contributed by atoms with Crippen LogP contribution in [0.2, 0.25) is 0 Å². The highest BCUT2D eigenvalue weighted by atomic mass is 79.9. The Bertz CT molecular complexity index is 930. The highest BCUT2D eigenvalue weighted by molar-refractivity contribution is 9.10. The van der Waals surface area contributed by atoms with Gasteiger partial charge in [-0.3, -0.25) is 0 Å². The van der Waals surface area contributed by atoms with Gasteiger partial charge in [-0.2, -0.15) is 16.9 Å². The maximum atomic E-state index is 10.7. The third-order valence-electron chi connectivity index (χ3n) is 4.20. The Morgan fingerprint density at radius 2 is 1.88 bits per heavy atom. The fraction of sp³-hybridized carbons (Fsp3) is 0.222. The van der Waals surface area contributed by atoms with E-state index in [1.165, 1.54) is 5.56 Å². The van der Waals surface area contributed by atoms with Crippen LogP contribution in [0, 0.1) is 6.92 Å². The molecule has 0 bridgehead atoms. The number of azo groups is 1. The molecule has 0 radical (unpaired) electrons. The number of aryl methyl sites for hydroxylation is 1. The first-order chi connectivity index (χ1) is 11.6. The van der Waals surface area contributed by atoms with Crippen molar-refractivity contribution in [3.05, 3.63) is 52.5 Å². The smallest absolute Gasteiger partial charge is 0.221 e. The third-order valence-corrected chi connectivity index (χ3v) is 5.93. The van der Waals surface area contributed by atoms with E-state index in [1.54, 1.807) is 0 Å². The summed E-state index contributed by atoms with van der Waals surface area (Å²) in [5, 5.41) is 20.3. The Kier molecular flexibility index (Phi) is 4.10. The van der Waals surface area contributed by atoms with Crippen LogP contribution in [-0.2, 0) is 0 Å². The topological polar surface area (TPSA) is 49.9 Å². The van der Waals surface area contributed by atoms with Crippen molar-refractivity contribution in [3.63, 3.8) is 0 Å². The lowest BCUT2D eigenvalue weighted by Crippen LogP contribution is -2.22. The molecule has 0 spiro atoms. The second kappa shape index (κ2) is 6.26. The van der Waals surface area contributed by atoms with E-state index in [4.69, 9.17) is 0 Å². The summed E-state index contributed by atoms with van der Waals surface area (Å²) in [5.74, 6) is 2.23. The quantitative estimate of drug-likeness (QED) is 0.537. The molecule has 0 unspecified atom stereocenters. The van der Waals surface area contributed by atoms with Gasteiger partial charge in [0, 0.05) is 21.4 Å². The zero-order valence-electron chi connectivity index (χ0n) is 13.1. The van der Waals surface area contributed by atoms with Gasteiger partial charge in [0.25, 0.3) is 0 Å². The fourth-order valence-corrected chi connectivity index (χ4v) is 3.92. The van der Waals surface area contributed by atoms with Crippen LogP contribution in [0.5, 0.6) is 5.88 Å². The SMILES string of the molecule is Cc1ccc(N=Nc2c(O)n(C3CSC3)c3ccc(Br)cc23)cc1. The van der Waals surface area contributed by atoms with Crippen LogP contribution in [0.3, 0.4) is 0 Å². The van der Waals surface area contributed by atoms with Crippen LogP contribution in [0.25, 0.3) is 10.9 Å². The van der Waals surface area contributed by atoms with E-state index in [-0.39, 0.29) is 5.88 Å². The Balaban J connectivity index is 1.83. The first kappa shape index (κ1) is 15.7. The second-order valence-electron chi connectivity index (χ2n) is 5.93. The number of nitrogens with zero attached hydrogens (tertiary/aromatic N) is 3. The van der Waals surface area contributed by atoms with Gasteiger partial charge < -0.3 is 9.67 Å². The first-order valence-corrected chi connectivity index (χ1v) is 9.67. The van der Waals surface area contributed by atoms with Gasteiger partial charge in [-0.1, -0.05) is 33.6 Å². The maximum Gasteiger partial charge on any atom is 0.221 e. The van der Waals surface area contributed by atoms with E-state index in [2.05, 4.69) is 26.2 Å². The number of thioether (sulfide) groups is 1. The molecule has 2 aromatic carbocycles. The minimum Gasteiger partial charge on any atom is -0.493 e. The highest BCUT2D eigenvalue weighted by Gasteiger charge is 2.27. The van der Waals surface area contributed by atoms with Crippen molar-refractivity contribution in [2.75, 3.05) is 11.5 Å². The Hall–Kier alpha value is -1.79. The number of rotatable bonds is 3. The van der Waals surface area contributed by atoms with Crippen molar-refractivity contribution in [1.29, 1.82) is 0 Å². The molecule has 4 rings (SSSR count). The van der Waals surface area contributed by atoms with Gasteiger partial charge in [-0.25, -0.2) is 0 Å². The lowest BCUT2D eigenvalue weighted by atomic mass is 10.2. The summed E-state index contributed by atoms with van der Waals surface area (Å²) in [6.07, 6.45) is 0. The minimum atomic E-state index is 0.198. The van der Waals surface area contributed by atoms with Gasteiger partial charge >= 0.3 is 0 Å². The molecule has 0 aliphatic carbocycles. The molecule has 1 N–H and O–H groups in total. The van der Waals surface area contributed by atoms with Crippen LogP contribution < -0.4 is 0 Å². The molecule has 6 heteroatoms. The van der Waals surface area contributed by atoms with Crippen molar-refractivity contribution in [2.24, 2.45) is 10.2 Å². The lowest BCUT2D eigenvalue weighted by Gasteiger charge is -2.27. The molecule has 122 valence electrons. The Labute approximate surface area is 152 Å². The Morgan fingerprint density at radius 1 is 1.12 bits per heavy atom. The molecule has 4 nitrogen and oxygen atoms in total. The van der Waals surface area contributed by atoms with Crippen LogP contribution >= 0.6 is 27.7 Å². The van der Waals surface area contributed by atoms with Crippen molar-refractivity contribution in [1.82, 2.24) is 4.57 Å². The van der Waals surface area contributed by atoms with Gasteiger partial charge in [-0.05, 0) is 37.3 Å². The molecule has 1 fully saturated rings. The number of aromatic nitrogens is 1. The molecular formula is C18H16BrN3OS. The average Bonchev–Trinajstić information content (AvgIpc) is 2.78. The molecule has 1 aromatic heterocycles. The van der Waals surface area contributed by atoms with Gasteiger partial charge in [0.05, 0.1) is 17.2 Å². The second-order valence-corrected chi connectivity index (χ2v) is 7.92. The lowest BCUT2D eigenvalue weighted by molar-refractivity contribution is 0.406. The fourth-order valence-electron chi connectivity index (χ4n) is 2.82. The van der Waals surface area contributed by atoms with E-state index < -0.39 is 0 Å². The summed E-state index contributed by atoms with van der Waals surface area (Å²) in [7, 11) is 0. The predicted octanol–water partition coefficient (Wildman–Crippen LogP) is 6.12. The van der Waals surface area contributed by atoms with E-state index in [0.29, 0.717) is 11.7 Å². The number of halogens is 1. The van der Waals surface area contributed by atoms with Crippen LogP contribution in [0.15, 0.2) is 57.2 Å². The molecule has 3 aromatic rings. The van der Waals surface area contributed by atoms with Crippen LogP contribution in [-0.4, -0.2) is 21.2 Å². The molecule has 24 heavy (non-hydrogen) atoms. The summed E-state index contributed by atoms with van der Waals surface area (Å²) >= 11 is 5.39. The number of fused-ring (bicyclic) bond motifs is 1. The van der Waals surface area contributed by atoms with E-state index in [9.17, 15) is 5.11 Å². The summed E-state index contributed by atoms with van der Waals surface area (Å²) < 4.78 is 2.95. The minimum absolute atomic E-state index is 0.198. The normalized spacial score (nSPS) is 15.2.